The first kappa shape index (κ1) is 15.0. The maximum absolute atomic E-state index is 10.2. The van der Waals surface area contributed by atoms with Gasteiger partial charge in [-0.1, -0.05) is 30.3 Å². The first-order valence-electron chi connectivity index (χ1n) is 7.00. The molecule has 1 saturated heterocycles. The van der Waals surface area contributed by atoms with Crippen molar-refractivity contribution in [3.8, 4) is 0 Å². The van der Waals surface area contributed by atoms with Gasteiger partial charge in [-0.15, -0.1) is 0 Å². The van der Waals surface area contributed by atoms with Crippen molar-refractivity contribution in [3.63, 3.8) is 0 Å². The molecule has 1 aromatic carbocycles. The number of rotatable bonds is 7. The summed E-state index contributed by atoms with van der Waals surface area (Å²) in [6.07, 6.45) is 0. The number of hydrogen-bond acceptors (Lipinski definition) is 5. The number of piperazine rings is 1. The van der Waals surface area contributed by atoms with Crippen molar-refractivity contribution in [2.45, 2.75) is 6.54 Å². The molecule has 2 rings (SSSR count). The van der Waals surface area contributed by atoms with E-state index in [0.717, 1.165) is 39.3 Å². The average Bonchev–Trinajstić information content (AvgIpc) is 2.46. The molecule has 0 radical (unpaired) electrons. The van der Waals surface area contributed by atoms with E-state index in [2.05, 4.69) is 34.1 Å². The molecular formula is C15H21N2O3-. The fourth-order valence-electron chi connectivity index (χ4n) is 2.36. The Morgan fingerprint density at radius 3 is 2.40 bits per heavy atom. The first-order valence-corrected chi connectivity index (χ1v) is 7.00. The van der Waals surface area contributed by atoms with Gasteiger partial charge in [-0.2, -0.15) is 0 Å². The van der Waals surface area contributed by atoms with E-state index in [9.17, 15) is 9.90 Å². The molecular weight excluding hydrogens is 256 g/mol. The summed E-state index contributed by atoms with van der Waals surface area (Å²) >= 11 is 0. The van der Waals surface area contributed by atoms with Gasteiger partial charge < -0.3 is 14.6 Å². The zero-order chi connectivity index (χ0) is 14.2. The molecule has 0 spiro atoms. The van der Waals surface area contributed by atoms with Gasteiger partial charge in [0.25, 0.3) is 0 Å². The van der Waals surface area contributed by atoms with Crippen LogP contribution in [0.1, 0.15) is 5.56 Å². The summed E-state index contributed by atoms with van der Waals surface area (Å²) in [6, 6.07) is 10.5. The number of benzene rings is 1. The lowest BCUT2D eigenvalue weighted by Crippen LogP contribution is -2.46. The van der Waals surface area contributed by atoms with Gasteiger partial charge in [0.2, 0.25) is 0 Å². The lowest BCUT2D eigenvalue weighted by Gasteiger charge is -2.34. The average molecular weight is 277 g/mol. The summed E-state index contributed by atoms with van der Waals surface area (Å²) in [5, 5.41) is 10.2. The van der Waals surface area contributed by atoms with E-state index >= 15 is 0 Å². The van der Waals surface area contributed by atoms with Gasteiger partial charge in [0.05, 0.1) is 19.2 Å². The lowest BCUT2D eigenvalue weighted by molar-refractivity contribution is -0.309. The molecule has 0 aromatic heterocycles. The quantitative estimate of drug-likeness (QED) is 0.633. The molecule has 5 nitrogen and oxygen atoms in total. The summed E-state index contributed by atoms with van der Waals surface area (Å²) in [6.45, 7) is 6.00. The Morgan fingerprint density at radius 1 is 1.10 bits per heavy atom. The van der Waals surface area contributed by atoms with E-state index in [-0.39, 0.29) is 6.61 Å². The Balaban J connectivity index is 1.61. The highest BCUT2D eigenvalue weighted by Gasteiger charge is 2.16. The van der Waals surface area contributed by atoms with E-state index in [4.69, 9.17) is 4.74 Å². The minimum atomic E-state index is -1.15. The van der Waals surface area contributed by atoms with Crippen molar-refractivity contribution in [1.29, 1.82) is 0 Å². The summed E-state index contributed by atoms with van der Waals surface area (Å²) in [4.78, 5) is 15.0. The molecule has 0 atom stereocenters. The van der Waals surface area contributed by atoms with Crippen LogP contribution in [0, 0.1) is 0 Å². The molecule has 1 aliphatic rings. The van der Waals surface area contributed by atoms with E-state index in [0.29, 0.717) is 6.61 Å². The third-order valence-electron chi connectivity index (χ3n) is 3.49. The van der Waals surface area contributed by atoms with Gasteiger partial charge in [0.1, 0.15) is 0 Å². The zero-order valence-electron chi connectivity index (χ0n) is 11.7. The molecule has 1 fully saturated rings. The third-order valence-corrected chi connectivity index (χ3v) is 3.49. The predicted octanol–water partition coefficient (Wildman–Crippen LogP) is -0.429. The van der Waals surface area contributed by atoms with Crippen LogP contribution < -0.4 is 5.11 Å². The molecule has 0 saturated carbocycles. The molecule has 0 bridgehead atoms. The Kier molecular flexibility index (Phi) is 5.98. The molecule has 0 aliphatic carbocycles. The van der Waals surface area contributed by atoms with Gasteiger partial charge in [-0.3, -0.25) is 9.80 Å². The fraction of sp³-hybridized carbons (Fsp3) is 0.533. The van der Waals surface area contributed by atoms with Crippen LogP contribution in [0.15, 0.2) is 30.3 Å². The lowest BCUT2D eigenvalue weighted by atomic mass is 10.2. The number of ether oxygens (including phenoxy) is 1. The number of carboxylic acid groups (broad SMARTS) is 1. The Hall–Kier alpha value is -1.43. The summed E-state index contributed by atoms with van der Waals surface area (Å²) in [5.74, 6) is -1.15. The van der Waals surface area contributed by atoms with E-state index in [1.165, 1.54) is 5.56 Å². The van der Waals surface area contributed by atoms with E-state index in [1.807, 2.05) is 6.07 Å². The third kappa shape index (κ3) is 5.28. The van der Waals surface area contributed by atoms with Crippen LogP contribution in [0.3, 0.4) is 0 Å². The normalized spacial score (nSPS) is 17.2. The fourth-order valence-corrected chi connectivity index (χ4v) is 2.36. The smallest absolute Gasteiger partial charge is 0.0861 e. The van der Waals surface area contributed by atoms with Gasteiger partial charge in [0.15, 0.2) is 0 Å². The van der Waals surface area contributed by atoms with Crippen LogP contribution in [-0.4, -0.2) is 61.7 Å². The van der Waals surface area contributed by atoms with Crippen molar-refractivity contribution in [1.82, 2.24) is 9.80 Å². The number of nitrogens with zero attached hydrogens (tertiary/aromatic N) is 2. The summed E-state index contributed by atoms with van der Waals surface area (Å²) in [5.41, 5.74) is 1.35. The molecule has 1 heterocycles. The van der Waals surface area contributed by atoms with E-state index in [1.54, 1.807) is 0 Å². The standard InChI is InChI=1S/C15H22N2O3/c18-15(19)13-20-11-10-16-6-8-17(9-7-16)12-14-4-2-1-3-5-14/h1-5H,6-13H2,(H,18,19)/p-1. The van der Waals surface area contributed by atoms with Crippen LogP contribution in [0.2, 0.25) is 0 Å². The predicted molar refractivity (Wildman–Crippen MR) is 74.0 cm³/mol. The molecule has 0 amide bonds. The van der Waals surface area contributed by atoms with Gasteiger partial charge in [-0.25, -0.2) is 0 Å². The van der Waals surface area contributed by atoms with Crippen LogP contribution in [0.25, 0.3) is 0 Å². The van der Waals surface area contributed by atoms with Crippen LogP contribution in [-0.2, 0) is 16.1 Å². The topological polar surface area (TPSA) is 55.8 Å². The van der Waals surface area contributed by atoms with Gasteiger partial charge in [-0.05, 0) is 5.56 Å². The highest BCUT2D eigenvalue weighted by Crippen LogP contribution is 2.08. The molecule has 110 valence electrons. The highest BCUT2D eigenvalue weighted by molar-refractivity contribution is 5.65. The SMILES string of the molecule is O=C([O-])COCCN1CCN(Cc2ccccc2)CC1. The molecule has 1 aromatic rings. The minimum absolute atomic E-state index is 0.312. The zero-order valence-corrected chi connectivity index (χ0v) is 11.7. The highest BCUT2D eigenvalue weighted by atomic mass is 16.5. The Bertz CT molecular complexity index is 403. The molecule has 0 unspecified atom stereocenters. The van der Waals surface area contributed by atoms with Crippen molar-refractivity contribution < 1.29 is 14.6 Å². The van der Waals surface area contributed by atoms with E-state index < -0.39 is 5.97 Å². The van der Waals surface area contributed by atoms with Gasteiger partial charge >= 0.3 is 0 Å². The molecule has 20 heavy (non-hydrogen) atoms. The second-order valence-corrected chi connectivity index (χ2v) is 5.03. The monoisotopic (exact) mass is 277 g/mol. The van der Waals surface area contributed by atoms with Crippen molar-refractivity contribution in [3.05, 3.63) is 35.9 Å². The number of carbonyl (C=O) groups is 1. The maximum Gasteiger partial charge on any atom is 0.0861 e. The van der Waals surface area contributed by atoms with Crippen molar-refractivity contribution in [2.75, 3.05) is 45.9 Å². The molecule has 0 N–H and O–H groups in total. The van der Waals surface area contributed by atoms with Crippen LogP contribution >= 0.6 is 0 Å². The molecule has 1 aliphatic heterocycles. The second-order valence-electron chi connectivity index (χ2n) is 5.03. The largest absolute Gasteiger partial charge is 0.548 e. The Labute approximate surface area is 119 Å². The first-order chi connectivity index (χ1) is 9.74. The van der Waals surface area contributed by atoms with Crippen molar-refractivity contribution in [2.24, 2.45) is 0 Å². The minimum Gasteiger partial charge on any atom is -0.548 e. The summed E-state index contributed by atoms with van der Waals surface area (Å²) in [7, 11) is 0. The summed E-state index contributed by atoms with van der Waals surface area (Å²) < 4.78 is 5.00. The maximum atomic E-state index is 10.2. The number of carbonyl (C=O) groups excluding carboxylic acids is 1. The number of carboxylic acids is 1. The Morgan fingerprint density at radius 2 is 1.75 bits per heavy atom. The second kappa shape index (κ2) is 7.99. The van der Waals surface area contributed by atoms with Crippen LogP contribution in [0.5, 0.6) is 0 Å². The van der Waals surface area contributed by atoms with Crippen molar-refractivity contribution >= 4 is 5.97 Å². The van der Waals surface area contributed by atoms with Gasteiger partial charge in [0, 0.05) is 39.3 Å². The van der Waals surface area contributed by atoms with Crippen LogP contribution in [0.4, 0.5) is 0 Å². The number of hydrogen-bond donors (Lipinski definition) is 0. The number of aliphatic carboxylic acids is 1. The molecule has 5 heteroatoms.